The minimum absolute atomic E-state index is 0.248. The summed E-state index contributed by atoms with van der Waals surface area (Å²) in [6.07, 6.45) is 1.75. The van der Waals surface area contributed by atoms with E-state index in [2.05, 4.69) is 4.90 Å². The Morgan fingerprint density at radius 3 is 2.72 bits per heavy atom. The summed E-state index contributed by atoms with van der Waals surface area (Å²) in [5.41, 5.74) is -0.530. The molecule has 3 nitrogen and oxygen atoms in total. The van der Waals surface area contributed by atoms with E-state index in [1.807, 2.05) is 6.92 Å². The fourth-order valence-corrected chi connectivity index (χ4v) is 2.24. The van der Waals surface area contributed by atoms with E-state index < -0.39 is 5.60 Å². The van der Waals surface area contributed by atoms with Crippen LogP contribution in [0.1, 0.15) is 19.8 Å². The highest BCUT2D eigenvalue weighted by Crippen LogP contribution is 2.20. The number of β-amino-alcohol motifs (C(OH)–C–C–N with tert-alkyl or cyclic N) is 1. The largest absolute Gasteiger partial charge is 0.494 e. The lowest BCUT2D eigenvalue weighted by Gasteiger charge is -2.18. The van der Waals surface area contributed by atoms with E-state index in [1.165, 1.54) is 12.1 Å². The van der Waals surface area contributed by atoms with Crippen LogP contribution in [0.15, 0.2) is 24.3 Å². The van der Waals surface area contributed by atoms with E-state index in [-0.39, 0.29) is 5.82 Å². The van der Waals surface area contributed by atoms with Crippen molar-refractivity contribution in [3.05, 3.63) is 30.1 Å². The molecule has 1 N–H and O–H groups in total. The number of benzene rings is 1. The van der Waals surface area contributed by atoms with Crippen molar-refractivity contribution in [1.29, 1.82) is 0 Å². The molecule has 4 heteroatoms. The van der Waals surface area contributed by atoms with Crippen molar-refractivity contribution in [2.75, 3.05) is 26.2 Å². The number of likely N-dealkylation sites (tertiary alicyclic amines) is 1. The van der Waals surface area contributed by atoms with Gasteiger partial charge in [-0.05, 0) is 44.0 Å². The van der Waals surface area contributed by atoms with Crippen molar-refractivity contribution in [1.82, 2.24) is 4.90 Å². The Kier molecular flexibility index (Phi) is 4.19. The van der Waals surface area contributed by atoms with Gasteiger partial charge in [-0.2, -0.15) is 0 Å². The average Bonchev–Trinajstić information content (AvgIpc) is 2.67. The number of ether oxygens (including phenoxy) is 1. The third kappa shape index (κ3) is 3.96. The molecule has 0 bridgehead atoms. The van der Waals surface area contributed by atoms with E-state index in [1.54, 1.807) is 12.1 Å². The van der Waals surface area contributed by atoms with Crippen molar-refractivity contribution < 1.29 is 14.2 Å². The molecule has 2 rings (SSSR count). The van der Waals surface area contributed by atoms with Gasteiger partial charge < -0.3 is 14.7 Å². The molecule has 0 aromatic heterocycles. The van der Waals surface area contributed by atoms with Crippen LogP contribution in [0.4, 0.5) is 4.39 Å². The van der Waals surface area contributed by atoms with Gasteiger partial charge in [0.1, 0.15) is 11.6 Å². The maximum absolute atomic E-state index is 12.7. The maximum atomic E-state index is 12.7. The second kappa shape index (κ2) is 5.67. The molecule has 100 valence electrons. The van der Waals surface area contributed by atoms with Gasteiger partial charge in [0.15, 0.2) is 0 Å². The molecule has 1 atom stereocenters. The standard InChI is InChI=1S/C14H20FNO2/c1-14(17)7-9-16(11-14)8-2-10-18-13-5-3-12(15)4-6-13/h3-6,17H,2,7-11H2,1H3. The summed E-state index contributed by atoms with van der Waals surface area (Å²) in [6.45, 7) is 5.11. The summed E-state index contributed by atoms with van der Waals surface area (Å²) in [7, 11) is 0. The molecule has 1 unspecified atom stereocenters. The fourth-order valence-electron chi connectivity index (χ4n) is 2.24. The number of nitrogens with zero attached hydrogens (tertiary/aromatic N) is 1. The summed E-state index contributed by atoms with van der Waals surface area (Å²) in [6, 6.07) is 6.06. The van der Waals surface area contributed by atoms with Crippen molar-refractivity contribution in [2.45, 2.75) is 25.4 Å². The van der Waals surface area contributed by atoms with Gasteiger partial charge in [-0.1, -0.05) is 0 Å². The topological polar surface area (TPSA) is 32.7 Å². The van der Waals surface area contributed by atoms with E-state index in [0.29, 0.717) is 12.4 Å². The van der Waals surface area contributed by atoms with Crippen LogP contribution in [-0.4, -0.2) is 41.8 Å². The summed E-state index contributed by atoms with van der Waals surface area (Å²) in [5.74, 6) is 0.450. The summed E-state index contributed by atoms with van der Waals surface area (Å²) in [5, 5.41) is 9.82. The van der Waals surface area contributed by atoms with Crippen LogP contribution in [-0.2, 0) is 0 Å². The molecule has 0 radical (unpaired) electrons. The van der Waals surface area contributed by atoms with Crippen molar-refractivity contribution in [3.63, 3.8) is 0 Å². The van der Waals surface area contributed by atoms with E-state index in [0.717, 1.165) is 32.5 Å². The zero-order valence-corrected chi connectivity index (χ0v) is 10.7. The Morgan fingerprint density at radius 1 is 1.39 bits per heavy atom. The Morgan fingerprint density at radius 2 is 2.11 bits per heavy atom. The van der Waals surface area contributed by atoms with Crippen LogP contribution in [0, 0.1) is 5.82 Å². The van der Waals surface area contributed by atoms with Crippen LogP contribution < -0.4 is 4.74 Å². The van der Waals surface area contributed by atoms with E-state index >= 15 is 0 Å². The molecule has 1 aromatic carbocycles. The molecular weight excluding hydrogens is 233 g/mol. The predicted octanol–water partition coefficient (Wildman–Crippen LogP) is 2.05. The van der Waals surface area contributed by atoms with Crippen molar-refractivity contribution in [3.8, 4) is 5.75 Å². The van der Waals surface area contributed by atoms with E-state index in [9.17, 15) is 9.50 Å². The van der Waals surface area contributed by atoms with Crippen LogP contribution in [0.3, 0.4) is 0 Å². The highest BCUT2D eigenvalue weighted by atomic mass is 19.1. The van der Waals surface area contributed by atoms with Crippen LogP contribution in [0.5, 0.6) is 5.75 Å². The van der Waals surface area contributed by atoms with Gasteiger partial charge in [0.25, 0.3) is 0 Å². The number of halogens is 1. The molecule has 1 aliphatic rings. The molecule has 1 heterocycles. The lowest BCUT2D eigenvalue weighted by molar-refractivity contribution is 0.0681. The molecule has 0 spiro atoms. The van der Waals surface area contributed by atoms with E-state index in [4.69, 9.17) is 4.74 Å². The molecule has 1 aliphatic heterocycles. The quantitative estimate of drug-likeness (QED) is 0.815. The number of hydrogen-bond donors (Lipinski definition) is 1. The first-order valence-electron chi connectivity index (χ1n) is 6.38. The molecular formula is C14H20FNO2. The first-order valence-corrected chi connectivity index (χ1v) is 6.38. The molecule has 0 amide bonds. The highest BCUT2D eigenvalue weighted by Gasteiger charge is 2.30. The normalized spacial score (nSPS) is 24.4. The Hall–Kier alpha value is -1.13. The minimum atomic E-state index is -0.530. The second-order valence-electron chi connectivity index (χ2n) is 5.18. The van der Waals surface area contributed by atoms with Crippen LogP contribution >= 0.6 is 0 Å². The predicted molar refractivity (Wildman–Crippen MR) is 68.2 cm³/mol. The molecule has 18 heavy (non-hydrogen) atoms. The third-order valence-electron chi connectivity index (χ3n) is 3.23. The van der Waals surface area contributed by atoms with Gasteiger partial charge in [0.05, 0.1) is 12.2 Å². The minimum Gasteiger partial charge on any atom is -0.494 e. The first-order chi connectivity index (χ1) is 8.55. The zero-order chi connectivity index (χ0) is 13.0. The molecule has 1 fully saturated rings. The van der Waals surface area contributed by atoms with Crippen molar-refractivity contribution >= 4 is 0 Å². The van der Waals surface area contributed by atoms with Crippen LogP contribution in [0.25, 0.3) is 0 Å². The van der Waals surface area contributed by atoms with Gasteiger partial charge >= 0.3 is 0 Å². The second-order valence-corrected chi connectivity index (χ2v) is 5.18. The SMILES string of the molecule is CC1(O)CCN(CCCOc2ccc(F)cc2)C1. The fraction of sp³-hybridized carbons (Fsp3) is 0.571. The van der Waals surface area contributed by atoms with Crippen molar-refractivity contribution in [2.24, 2.45) is 0 Å². The maximum Gasteiger partial charge on any atom is 0.123 e. The Labute approximate surface area is 107 Å². The lowest BCUT2D eigenvalue weighted by atomic mass is 10.1. The first kappa shape index (κ1) is 13.3. The lowest BCUT2D eigenvalue weighted by Crippen LogP contribution is -2.30. The summed E-state index contributed by atoms with van der Waals surface area (Å²) in [4.78, 5) is 2.24. The number of aliphatic hydroxyl groups is 1. The molecule has 0 aliphatic carbocycles. The average molecular weight is 253 g/mol. The molecule has 0 saturated carbocycles. The third-order valence-corrected chi connectivity index (χ3v) is 3.23. The number of rotatable bonds is 5. The zero-order valence-electron chi connectivity index (χ0n) is 10.7. The molecule has 1 aromatic rings. The van der Waals surface area contributed by atoms with Gasteiger partial charge in [-0.15, -0.1) is 0 Å². The summed E-state index contributed by atoms with van der Waals surface area (Å²) < 4.78 is 18.2. The van der Waals surface area contributed by atoms with Gasteiger partial charge in [-0.3, -0.25) is 0 Å². The Balaban J connectivity index is 1.63. The van der Waals surface area contributed by atoms with Crippen LogP contribution in [0.2, 0.25) is 0 Å². The number of hydrogen-bond acceptors (Lipinski definition) is 3. The highest BCUT2D eigenvalue weighted by molar-refractivity contribution is 5.21. The van der Waals surface area contributed by atoms with Gasteiger partial charge in [0, 0.05) is 19.6 Å². The van der Waals surface area contributed by atoms with Gasteiger partial charge in [-0.25, -0.2) is 4.39 Å². The Bertz CT molecular complexity index is 378. The smallest absolute Gasteiger partial charge is 0.123 e. The van der Waals surface area contributed by atoms with Gasteiger partial charge in [0.2, 0.25) is 0 Å². The summed E-state index contributed by atoms with van der Waals surface area (Å²) >= 11 is 0. The molecule has 1 saturated heterocycles. The monoisotopic (exact) mass is 253 g/mol.